The normalized spacial score (nSPS) is 20.9. The van der Waals surface area contributed by atoms with Crippen LogP contribution >= 0.6 is 22.6 Å². The van der Waals surface area contributed by atoms with Gasteiger partial charge >= 0.3 is 0 Å². The molecule has 0 unspecified atom stereocenters. The first kappa shape index (κ1) is 6.19. The van der Waals surface area contributed by atoms with Crippen molar-refractivity contribution in [3.05, 3.63) is 11.5 Å². The molecule has 0 amide bonds. The van der Waals surface area contributed by atoms with Gasteiger partial charge in [-0.3, -0.25) is 0 Å². The molecule has 8 heavy (non-hydrogen) atoms. The molecule has 1 rings (SSSR count). The quantitative estimate of drug-likeness (QED) is 0.464. The van der Waals surface area contributed by atoms with Gasteiger partial charge < -0.3 is 9.47 Å². The number of ether oxygens (including phenoxy) is 2. The predicted molar refractivity (Wildman–Crippen MR) is 38.4 cm³/mol. The summed E-state index contributed by atoms with van der Waals surface area (Å²) in [4.78, 5) is 0. The van der Waals surface area contributed by atoms with Gasteiger partial charge in [-0.2, -0.15) is 0 Å². The third kappa shape index (κ3) is 1.07. The van der Waals surface area contributed by atoms with E-state index in [-0.39, 0.29) is 4.30 Å². The SMILES string of the molecule is CC1=C(C)OC(I)O1. The van der Waals surface area contributed by atoms with Gasteiger partial charge in [0.15, 0.2) is 0 Å². The monoisotopic (exact) mass is 226 g/mol. The summed E-state index contributed by atoms with van der Waals surface area (Å²) in [6, 6.07) is 0. The van der Waals surface area contributed by atoms with Crippen molar-refractivity contribution in [1.29, 1.82) is 0 Å². The molecule has 2 nitrogen and oxygen atoms in total. The summed E-state index contributed by atoms with van der Waals surface area (Å²) in [5.41, 5.74) is 0. The minimum absolute atomic E-state index is 0.104. The molecule has 0 N–H and O–H groups in total. The molecule has 0 radical (unpaired) electrons. The van der Waals surface area contributed by atoms with Crippen LogP contribution in [0.1, 0.15) is 13.8 Å². The summed E-state index contributed by atoms with van der Waals surface area (Å²) >= 11 is 2.08. The molecule has 0 spiro atoms. The lowest BCUT2D eigenvalue weighted by atomic mass is 10.5. The number of hydrogen-bond acceptors (Lipinski definition) is 2. The number of hydrogen-bond donors (Lipinski definition) is 0. The first-order valence-electron chi connectivity index (χ1n) is 2.35. The molecule has 0 atom stereocenters. The predicted octanol–water partition coefficient (Wildman–Crippen LogP) is 2.00. The van der Waals surface area contributed by atoms with Crippen LogP contribution < -0.4 is 0 Å². The van der Waals surface area contributed by atoms with E-state index >= 15 is 0 Å². The van der Waals surface area contributed by atoms with Gasteiger partial charge in [-0.15, -0.1) is 0 Å². The zero-order valence-corrected chi connectivity index (χ0v) is 6.93. The summed E-state index contributed by atoms with van der Waals surface area (Å²) in [6.45, 7) is 3.79. The number of rotatable bonds is 0. The Balaban J connectivity index is 2.60. The average Bonchev–Trinajstić information content (AvgIpc) is 1.85. The minimum Gasteiger partial charge on any atom is -0.447 e. The Morgan fingerprint density at radius 2 is 1.62 bits per heavy atom. The third-order valence-corrected chi connectivity index (χ3v) is 1.54. The molecule has 0 saturated carbocycles. The van der Waals surface area contributed by atoms with Crippen LogP contribution in [0.3, 0.4) is 0 Å². The molecule has 1 aliphatic heterocycles. The van der Waals surface area contributed by atoms with Crippen LogP contribution in [0.25, 0.3) is 0 Å². The molecule has 0 fully saturated rings. The average molecular weight is 226 g/mol. The zero-order chi connectivity index (χ0) is 6.15. The topological polar surface area (TPSA) is 18.5 Å². The molecular formula is C5H7IO2. The van der Waals surface area contributed by atoms with Crippen LogP contribution in [-0.4, -0.2) is 4.30 Å². The summed E-state index contributed by atoms with van der Waals surface area (Å²) in [5, 5.41) is 0. The Hall–Kier alpha value is 0.0700. The molecule has 1 aliphatic rings. The molecule has 0 aromatic carbocycles. The second-order valence-electron chi connectivity index (χ2n) is 1.62. The van der Waals surface area contributed by atoms with Crippen LogP contribution in [0.5, 0.6) is 0 Å². The van der Waals surface area contributed by atoms with E-state index in [1.165, 1.54) is 0 Å². The van der Waals surface area contributed by atoms with Gasteiger partial charge in [-0.05, 0) is 13.8 Å². The van der Waals surface area contributed by atoms with Gasteiger partial charge in [0.05, 0.1) is 0 Å². The Morgan fingerprint density at radius 1 is 1.25 bits per heavy atom. The summed E-state index contributed by atoms with van der Waals surface area (Å²) in [6.07, 6.45) is 0. The Labute approximate surface area is 62.0 Å². The summed E-state index contributed by atoms with van der Waals surface area (Å²) in [7, 11) is 0. The van der Waals surface area contributed by atoms with Crippen LogP contribution in [-0.2, 0) is 9.47 Å². The maximum absolute atomic E-state index is 5.12. The second-order valence-corrected chi connectivity index (χ2v) is 2.64. The molecule has 0 aromatic rings. The Bertz CT molecular complexity index is 116. The highest BCUT2D eigenvalue weighted by Crippen LogP contribution is 2.24. The van der Waals surface area contributed by atoms with Crippen LogP contribution in [0, 0.1) is 0 Å². The first-order valence-corrected chi connectivity index (χ1v) is 3.59. The van der Waals surface area contributed by atoms with Crippen molar-refractivity contribution in [3.8, 4) is 0 Å². The fourth-order valence-electron chi connectivity index (χ4n) is 0.468. The van der Waals surface area contributed by atoms with Gasteiger partial charge in [0.2, 0.25) is 0 Å². The molecule has 3 heteroatoms. The summed E-state index contributed by atoms with van der Waals surface area (Å²) < 4.78 is 10.1. The molecule has 0 aromatic heterocycles. The van der Waals surface area contributed by atoms with E-state index in [0.717, 1.165) is 11.5 Å². The van der Waals surface area contributed by atoms with E-state index in [9.17, 15) is 0 Å². The molecule has 46 valence electrons. The highest BCUT2D eigenvalue weighted by atomic mass is 127. The van der Waals surface area contributed by atoms with E-state index < -0.39 is 0 Å². The maximum Gasteiger partial charge on any atom is 0.291 e. The number of alkyl halides is 1. The lowest BCUT2D eigenvalue weighted by Crippen LogP contribution is -1.94. The molecule has 0 bridgehead atoms. The minimum atomic E-state index is -0.104. The number of halogens is 1. The van der Waals surface area contributed by atoms with Crippen molar-refractivity contribution in [2.75, 3.05) is 0 Å². The van der Waals surface area contributed by atoms with E-state index in [1.807, 2.05) is 13.8 Å². The van der Waals surface area contributed by atoms with Crippen LogP contribution in [0.4, 0.5) is 0 Å². The van der Waals surface area contributed by atoms with Gasteiger partial charge in [0, 0.05) is 22.6 Å². The third-order valence-electron chi connectivity index (χ3n) is 1.03. The molecule has 1 heterocycles. The van der Waals surface area contributed by atoms with Crippen LogP contribution in [0.2, 0.25) is 0 Å². The zero-order valence-electron chi connectivity index (χ0n) is 4.77. The summed E-state index contributed by atoms with van der Waals surface area (Å²) in [5.74, 6) is 1.79. The van der Waals surface area contributed by atoms with Crippen molar-refractivity contribution in [2.45, 2.75) is 18.1 Å². The Morgan fingerprint density at radius 3 is 1.75 bits per heavy atom. The highest BCUT2D eigenvalue weighted by molar-refractivity contribution is 14.1. The lowest BCUT2D eigenvalue weighted by Gasteiger charge is -1.99. The molecule has 0 saturated heterocycles. The van der Waals surface area contributed by atoms with Crippen LogP contribution in [0.15, 0.2) is 11.5 Å². The van der Waals surface area contributed by atoms with Gasteiger partial charge in [-0.25, -0.2) is 0 Å². The first-order chi connectivity index (χ1) is 3.70. The lowest BCUT2D eigenvalue weighted by molar-refractivity contribution is 0.0529. The smallest absolute Gasteiger partial charge is 0.291 e. The standard InChI is InChI=1S/C5H7IO2/c1-3-4(2)8-5(6)7-3/h5H,1-2H3. The van der Waals surface area contributed by atoms with E-state index in [4.69, 9.17) is 9.47 Å². The second kappa shape index (κ2) is 2.13. The largest absolute Gasteiger partial charge is 0.447 e. The van der Waals surface area contributed by atoms with Gasteiger partial charge in [0.1, 0.15) is 11.5 Å². The fourth-order valence-corrected chi connectivity index (χ4v) is 1.23. The van der Waals surface area contributed by atoms with Crippen molar-refractivity contribution in [3.63, 3.8) is 0 Å². The van der Waals surface area contributed by atoms with Gasteiger partial charge in [0.25, 0.3) is 4.30 Å². The maximum atomic E-state index is 5.12. The van der Waals surface area contributed by atoms with E-state index in [0.29, 0.717) is 0 Å². The number of allylic oxidation sites excluding steroid dienone is 2. The van der Waals surface area contributed by atoms with E-state index in [1.54, 1.807) is 0 Å². The van der Waals surface area contributed by atoms with Crippen molar-refractivity contribution in [1.82, 2.24) is 0 Å². The Kier molecular flexibility index (Phi) is 1.65. The van der Waals surface area contributed by atoms with Crippen molar-refractivity contribution >= 4 is 22.6 Å². The van der Waals surface area contributed by atoms with Crippen molar-refractivity contribution < 1.29 is 9.47 Å². The fraction of sp³-hybridized carbons (Fsp3) is 0.600. The van der Waals surface area contributed by atoms with E-state index in [2.05, 4.69) is 22.6 Å². The van der Waals surface area contributed by atoms with Crippen molar-refractivity contribution in [2.24, 2.45) is 0 Å². The molecule has 0 aliphatic carbocycles. The molecular weight excluding hydrogens is 219 g/mol. The highest BCUT2D eigenvalue weighted by Gasteiger charge is 2.16. The van der Waals surface area contributed by atoms with Gasteiger partial charge in [-0.1, -0.05) is 0 Å².